The summed E-state index contributed by atoms with van der Waals surface area (Å²) in [6, 6.07) is 83.2. The number of primary amides is 1. The highest BCUT2D eigenvalue weighted by Crippen LogP contribution is 2.39. The molecule has 0 aliphatic carbocycles. The van der Waals surface area contributed by atoms with E-state index in [0.717, 1.165) is 0 Å². The van der Waals surface area contributed by atoms with E-state index in [0.29, 0.717) is 0 Å². The normalized spacial score (nSPS) is 22.2. The molecule has 1 unspecified atom stereocenters. The first kappa shape index (κ1) is 85.8. The molecule has 2 N–H and O–H groups in total. The third kappa shape index (κ3) is 21.7. The van der Waals surface area contributed by atoms with Crippen molar-refractivity contribution < 1.29 is 129 Å². The maximum atomic E-state index is 15.2. The molecule has 11 aromatic rings. The van der Waals surface area contributed by atoms with Crippen LogP contribution in [0.4, 0.5) is 0 Å². The molecule has 0 radical (unpaired) electrons. The van der Waals surface area contributed by atoms with Gasteiger partial charge in [0.25, 0.3) is 5.91 Å². The molecule has 3 fully saturated rings. The highest BCUT2D eigenvalue weighted by molar-refractivity contribution is 5.95. The van der Waals surface area contributed by atoms with Crippen molar-refractivity contribution >= 4 is 65.6 Å². The average Bonchev–Trinajstić information content (AvgIpc) is 0.768. The Morgan fingerprint density at radius 2 is 0.411 bits per heavy atom. The molecule has 3 aliphatic rings. The minimum absolute atomic E-state index is 0.0176. The number of hydrogen-bond donors (Lipinski definition) is 1. The van der Waals surface area contributed by atoms with E-state index < -0.39 is 184 Å². The van der Waals surface area contributed by atoms with Crippen LogP contribution in [0.2, 0.25) is 0 Å². The second-order valence-electron chi connectivity index (χ2n) is 28.2. The molecule has 14 rings (SSSR count). The molecule has 28 nitrogen and oxygen atoms in total. The number of benzene rings is 11. The fourth-order valence-electron chi connectivity index (χ4n) is 13.8. The Morgan fingerprint density at radius 3 is 0.645 bits per heavy atom. The number of amides is 1. The van der Waals surface area contributed by atoms with Gasteiger partial charge in [-0.1, -0.05) is 212 Å². The third-order valence-electron chi connectivity index (χ3n) is 19.9. The van der Waals surface area contributed by atoms with Crippen molar-refractivity contribution in [2.45, 2.75) is 98.2 Å². The summed E-state index contributed by atoms with van der Waals surface area (Å²) in [7, 11) is 0. The Hall–Kier alpha value is -14.7. The van der Waals surface area contributed by atoms with Gasteiger partial charge in [0.1, 0.15) is 24.9 Å². The summed E-state index contributed by atoms with van der Waals surface area (Å²) in [4.78, 5) is 163. The van der Waals surface area contributed by atoms with E-state index in [1.165, 1.54) is 206 Å². The quantitative estimate of drug-likeness (QED) is 0.0311. The zero-order chi connectivity index (χ0) is 86.3. The van der Waals surface area contributed by atoms with Crippen molar-refractivity contribution in [2.24, 2.45) is 5.73 Å². The van der Waals surface area contributed by atoms with E-state index in [1.54, 1.807) is 127 Å². The van der Waals surface area contributed by atoms with Crippen molar-refractivity contribution in [3.05, 3.63) is 395 Å². The Labute approximate surface area is 709 Å². The molecule has 3 heterocycles. The first-order chi connectivity index (χ1) is 60.5. The van der Waals surface area contributed by atoms with Crippen LogP contribution in [0.25, 0.3) is 0 Å². The first-order valence-corrected chi connectivity index (χ1v) is 39.2. The van der Waals surface area contributed by atoms with Crippen LogP contribution in [-0.4, -0.2) is 178 Å². The zero-order valence-electron chi connectivity index (χ0n) is 65.7. The molecule has 1 amide bonds. The summed E-state index contributed by atoms with van der Waals surface area (Å²) in [5, 5.41) is 0. The SMILES string of the molecule is NC(=O)C(O[C@@H]1O[C@H](CO[C@H]2O[C@H](CO[C@H]3O[C@H](COC(=O)c4ccccc4)[C@@H](OC(=O)c4ccccc4)[C@H](OC(=O)c4ccccc4)[C@H]3OC(=O)c3ccccc3)[C@@H](OC(=O)c3ccccc3)[C@H](OC(=O)c3ccccc3)[C@H]2OC(=O)c2ccccc2)[C@@H](OC(=O)c2ccccc2)[C@H](OC(=O)c2ccccc2)[C@H]1OC(=O)c1ccccc1)c1ccccc1. The Bertz CT molecular complexity index is 5450. The second-order valence-corrected chi connectivity index (χ2v) is 28.2. The van der Waals surface area contributed by atoms with Crippen LogP contribution in [0.1, 0.15) is 115 Å². The van der Waals surface area contributed by atoms with Gasteiger partial charge in [-0.05, 0) is 127 Å². The molecule has 16 atom stereocenters. The van der Waals surface area contributed by atoms with E-state index in [4.69, 9.17) is 81.5 Å². The summed E-state index contributed by atoms with van der Waals surface area (Å²) in [6.07, 6.45) is -32.4. The van der Waals surface area contributed by atoms with E-state index in [9.17, 15) is 33.6 Å². The van der Waals surface area contributed by atoms with Crippen LogP contribution in [-0.2, 0) is 80.6 Å². The number of esters is 10. The average molecular weight is 1680 g/mol. The number of carbonyl (C=O) groups is 11. The smallest absolute Gasteiger partial charge is 0.338 e. The number of rotatable bonds is 31. The highest BCUT2D eigenvalue weighted by atomic mass is 16.8. The van der Waals surface area contributed by atoms with Crippen molar-refractivity contribution in [1.29, 1.82) is 0 Å². The Kier molecular flexibility index (Phi) is 28.7. The lowest BCUT2D eigenvalue weighted by molar-refractivity contribution is -0.341. The van der Waals surface area contributed by atoms with Crippen LogP contribution in [0.3, 0.4) is 0 Å². The third-order valence-corrected chi connectivity index (χ3v) is 19.9. The largest absolute Gasteiger partial charge is 0.459 e. The fourth-order valence-corrected chi connectivity index (χ4v) is 13.8. The van der Waals surface area contributed by atoms with Gasteiger partial charge in [0.15, 0.2) is 73.6 Å². The molecule has 11 aromatic carbocycles. The monoisotopic (exact) mass is 1680 g/mol. The topological polar surface area (TPSA) is 361 Å². The van der Waals surface area contributed by atoms with E-state index in [-0.39, 0.29) is 61.2 Å². The Morgan fingerprint density at radius 1 is 0.226 bits per heavy atom. The molecule has 3 saturated heterocycles. The molecule has 630 valence electrons. The minimum Gasteiger partial charge on any atom is -0.459 e. The van der Waals surface area contributed by atoms with Gasteiger partial charge in [-0.2, -0.15) is 0 Å². The second kappa shape index (κ2) is 41.6. The summed E-state index contributed by atoms with van der Waals surface area (Å²) in [5.74, 6) is -11.8. The minimum atomic E-state index is -2.23. The van der Waals surface area contributed by atoms with Crippen LogP contribution in [0.15, 0.2) is 334 Å². The highest BCUT2D eigenvalue weighted by Gasteiger charge is 2.59. The Balaban J connectivity index is 0.923. The predicted molar refractivity (Wildman–Crippen MR) is 435 cm³/mol. The number of ether oxygens (including phenoxy) is 16. The molecule has 0 saturated carbocycles. The number of carbonyl (C=O) groups excluding carboxylic acids is 11. The van der Waals surface area contributed by atoms with Crippen molar-refractivity contribution in [1.82, 2.24) is 0 Å². The molecule has 3 aliphatic heterocycles. The van der Waals surface area contributed by atoms with E-state index in [2.05, 4.69) is 0 Å². The van der Waals surface area contributed by atoms with Gasteiger partial charge >= 0.3 is 59.7 Å². The predicted octanol–water partition coefficient (Wildman–Crippen LogP) is 12.3. The molecule has 0 aromatic heterocycles. The van der Waals surface area contributed by atoms with Crippen LogP contribution < -0.4 is 5.73 Å². The lowest BCUT2D eigenvalue weighted by atomic mass is 9.96. The first-order valence-electron chi connectivity index (χ1n) is 39.2. The van der Waals surface area contributed by atoms with Crippen molar-refractivity contribution in [3.8, 4) is 0 Å². The van der Waals surface area contributed by atoms with Gasteiger partial charge in [-0.15, -0.1) is 0 Å². The molecule has 0 bridgehead atoms. The van der Waals surface area contributed by atoms with Gasteiger partial charge in [-0.25, -0.2) is 47.9 Å². The lowest BCUT2D eigenvalue weighted by Crippen LogP contribution is -2.66. The van der Waals surface area contributed by atoms with Gasteiger partial charge < -0.3 is 81.5 Å². The van der Waals surface area contributed by atoms with Crippen LogP contribution in [0, 0.1) is 0 Å². The summed E-state index contributed by atoms with van der Waals surface area (Å²) < 4.78 is 105. The fraction of sp³-hybridized carbons (Fsp3) is 0.198. The van der Waals surface area contributed by atoms with Gasteiger partial charge in [0, 0.05) is 0 Å². The van der Waals surface area contributed by atoms with Gasteiger partial charge in [0.2, 0.25) is 6.29 Å². The van der Waals surface area contributed by atoms with Crippen LogP contribution >= 0.6 is 0 Å². The van der Waals surface area contributed by atoms with E-state index in [1.807, 2.05) is 0 Å². The summed E-state index contributed by atoms with van der Waals surface area (Å²) in [6.45, 7) is -2.90. The summed E-state index contributed by atoms with van der Waals surface area (Å²) >= 11 is 0. The lowest BCUT2D eigenvalue weighted by Gasteiger charge is -2.47. The maximum Gasteiger partial charge on any atom is 0.338 e. The number of hydrogen-bond acceptors (Lipinski definition) is 27. The van der Waals surface area contributed by atoms with Crippen molar-refractivity contribution in [2.75, 3.05) is 19.8 Å². The van der Waals surface area contributed by atoms with Gasteiger partial charge in [0.05, 0.1) is 68.8 Å². The maximum absolute atomic E-state index is 15.2. The molecule has 0 spiro atoms. The van der Waals surface area contributed by atoms with E-state index >= 15 is 19.2 Å². The number of nitrogens with two attached hydrogens (primary N) is 1. The molecule has 28 heteroatoms. The van der Waals surface area contributed by atoms with Crippen LogP contribution in [0.5, 0.6) is 0 Å². The van der Waals surface area contributed by atoms with Gasteiger partial charge in [-0.3, -0.25) is 4.79 Å². The molecule has 124 heavy (non-hydrogen) atoms. The van der Waals surface area contributed by atoms with Crippen molar-refractivity contribution in [3.63, 3.8) is 0 Å². The zero-order valence-corrected chi connectivity index (χ0v) is 65.7. The summed E-state index contributed by atoms with van der Waals surface area (Å²) in [5.41, 5.74) is 5.76. The standard InChI is InChI=1S/C96H79NO27/c97-83(98)73(59-34-12-1-13-35-59)124-96-82(123-93(108)69-54-32-11-33-55-69)79(120-90(105)66-48-26-8-27-49-66)76(117-87(102)63-42-20-5-21-43-63)72(114-96)58-111-95-81(122-92(107)68-52-30-10-31-53-68)78(119-89(104)65-46-24-7-25-47-65)75(116-86(101)62-40-18-4-19-41-62)71(113-95)57-110-94-80(121-91(106)67-50-28-9-29-51-67)77(118-88(103)64-44-22-6-23-45-64)74(115-85(100)61-38-16-3-17-39-61)70(112-94)56-109-84(99)60-36-14-2-15-37-60/h1-55,70-82,94-96H,56-58H2,(H2,97,98)/t70-,71-,72-,73?,74-,75-,76-,77+,78+,79+,80-,81-,82-,94+,95+,96+/m1/s1. The molecular weight excluding hydrogens is 1600 g/mol. The molecular formula is C96H79NO27.